The molecule has 0 radical (unpaired) electrons. The molecule has 3 heteroatoms. The smallest absolute Gasteiger partial charge is 0.184 e. The van der Waals surface area contributed by atoms with E-state index >= 15 is 0 Å². The minimum absolute atomic E-state index is 0.134. The van der Waals surface area contributed by atoms with Crippen LogP contribution in [0.3, 0.4) is 0 Å². The largest absolute Gasteiger partial charge is 0.352 e. The Hall–Kier alpha value is -2.03. The molecule has 3 rings (SSSR count). The summed E-state index contributed by atoms with van der Waals surface area (Å²) in [4.78, 5) is 11.6. The number of anilines is 2. The van der Waals surface area contributed by atoms with E-state index in [1.165, 1.54) is 0 Å². The topological polar surface area (TPSA) is 41.1 Å². The Labute approximate surface area is 87.5 Å². The van der Waals surface area contributed by atoms with Gasteiger partial charge in [-0.05, 0) is 18.2 Å². The minimum Gasteiger partial charge on any atom is -0.352 e. The molecule has 0 aromatic heterocycles. The number of benzene rings is 1. The summed E-state index contributed by atoms with van der Waals surface area (Å²) >= 11 is 0. The summed E-state index contributed by atoms with van der Waals surface area (Å²) in [5.41, 5.74) is 3.51. The Balaban J connectivity index is 2.08. The first kappa shape index (κ1) is 8.29. The van der Waals surface area contributed by atoms with Crippen LogP contribution in [-0.2, 0) is 4.79 Å². The number of para-hydroxylation sites is 2. The molecule has 15 heavy (non-hydrogen) atoms. The van der Waals surface area contributed by atoms with E-state index in [0.29, 0.717) is 12.1 Å². The molecule has 74 valence electrons. The molecule has 1 aromatic rings. The lowest BCUT2D eigenvalue weighted by Crippen LogP contribution is -2.23. The number of allylic oxidation sites excluding steroid dienone is 3. The Kier molecular flexibility index (Phi) is 1.65. The average Bonchev–Trinajstić information content (AvgIpc) is 2.27. The van der Waals surface area contributed by atoms with Gasteiger partial charge in [-0.25, -0.2) is 0 Å². The van der Waals surface area contributed by atoms with Crippen LogP contribution in [0.2, 0.25) is 0 Å². The van der Waals surface area contributed by atoms with Gasteiger partial charge in [0.25, 0.3) is 0 Å². The van der Waals surface area contributed by atoms with Gasteiger partial charge in [0.15, 0.2) is 5.78 Å². The highest BCUT2D eigenvalue weighted by molar-refractivity contribution is 6.04. The van der Waals surface area contributed by atoms with Gasteiger partial charge in [0.05, 0.1) is 17.1 Å². The fourth-order valence-corrected chi connectivity index (χ4v) is 1.84. The fraction of sp³-hybridized carbons (Fsp3) is 0.0833. The van der Waals surface area contributed by atoms with Crippen molar-refractivity contribution in [3.8, 4) is 0 Å². The third-order valence-corrected chi connectivity index (χ3v) is 2.59. The van der Waals surface area contributed by atoms with Crippen molar-refractivity contribution in [3.05, 3.63) is 47.8 Å². The van der Waals surface area contributed by atoms with Gasteiger partial charge >= 0.3 is 0 Å². The van der Waals surface area contributed by atoms with E-state index in [4.69, 9.17) is 0 Å². The number of carbonyl (C=O) groups is 1. The van der Waals surface area contributed by atoms with Gasteiger partial charge in [-0.1, -0.05) is 18.2 Å². The van der Waals surface area contributed by atoms with Gasteiger partial charge in [-0.2, -0.15) is 0 Å². The maximum absolute atomic E-state index is 11.6. The molecule has 2 N–H and O–H groups in total. The maximum atomic E-state index is 11.6. The van der Waals surface area contributed by atoms with Crippen molar-refractivity contribution in [1.29, 1.82) is 0 Å². The molecule has 0 fully saturated rings. The molecule has 1 aromatic carbocycles. The number of hydrogen-bond acceptors (Lipinski definition) is 3. The van der Waals surface area contributed by atoms with Crippen molar-refractivity contribution in [2.24, 2.45) is 0 Å². The molecule has 0 spiro atoms. The summed E-state index contributed by atoms with van der Waals surface area (Å²) in [5, 5.41) is 6.40. The monoisotopic (exact) mass is 198 g/mol. The zero-order valence-electron chi connectivity index (χ0n) is 8.08. The number of hydrogen-bond donors (Lipinski definition) is 2. The molecule has 0 atom stereocenters. The van der Waals surface area contributed by atoms with Crippen LogP contribution in [0.4, 0.5) is 11.4 Å². The van der Waals surface area contributed by atoms with Gasteiger partial charge in [-0.3, -0.25) is 4.79 Å². The number of carbonyl (C=O) groups excluding carboxylic acids is 1. The Bertz CT molecular complexity index is 500. The van der Waals surface area contributed by atoms with Crippen LogP contribution in [0.15, 0.2) is 47.8 Å². The van der Waals surface area contributed by atoms with E-state index < -0.39 is 0 Å². The van der Waals surface area contributed by atoms with Gasteiger partial charge in [-0.15, -0.1) is 0 Å². The minimum atomic E-state index is 0.134. The van der Waals surface area contributed by atoms with E-state index in [2.05, 4.69) is 10.6 Å². The number of Topliss-reactive ketones (excluding diaryl/α,β-unsaturated/α-hetero) is 1. The van der Waals surface area contributed by atoms with Crippen molar-refractivity contribution in [2.45, 2.75) is 6.42 Å². The van der Waals surface area contributed by atoms with Gasteiger partial charge < -0.3 is 10.6 Å². The number of rotatable bonds is 0. The second-order valence-corrected chi connectivity index (χ2v) is 3.61. The van der Waals surface area contributed by atoms with Crippen LogP contribution < -0.4 is 10.6 Å². The molecule has 1 heterocycles. The van der Waals surface area contributed by atoms with Crippen molar-refractivity contribution in [3.63, 3.8) is 0 Å². The summed E-state index contributed by atoms with van der Waals surface area (Å²) in [5.74, 6) is 0.134. The van der Waals surface area contributed by atoms with Gasteiger partial charge in [0, 0.05) is 6.42 Å². The van der Waals surface area contributed by atoms with Crippen LogP contribution in [0, 0.1) is 0 Å². The highest BCUT2D eigenvalue weighted by Gasteiger charge is 2.22. The summed E-state index contributed by atoms with van der Waals surface area (Å²) in [6.45, 7) is 0. The lowest BCUT2D eigenvalue weighted by molar-refractivity contribution is -0.114. The predicted molar refractivity (Wildman–Crippen MR) is 59.5 cm³/mol. The Morgan fingerprint density at radius 2 is 1.80 bits per heavy atom. The summed E-state index contributed by atoms with van der Waals surface area (Å²) in [6, 6.07) is 7.85. The van der Waals surface area contributed by atoms with Crippen LogP contribution in [0.1, 0.15) is 6.42 Å². The number of nitrogens with one attached hydrogen (secondary N) is 2. The zero-order valence-corrected chi connectivity index (χ0v) is 8.08. The predicted octanol–water partition coefficient (Wildman–Crippen LogP) is 2.26. The Morgan fingerprint density at radius 1 is 1.07 bits per heavy atom. The SMILES string of the molecule is O=C1CC=CC2=C1Nc1ccccc1N2. The molecule has 2 aliphatic rings. The van der Waals surface area contributed by atoms with Crippen molar-refractivity contribution in [2.75, 3.05) is 10.6 Å². The quantitative estimate of drug-likeness (QED) is 0.671. The second-order valence-electron chi connectivity index (χ2n) is 3.61. The molecule has 1 aliphatic carbocycles. The van der Waals surface area contributed by atoms with Crippen LogP contribution in [-0.4, -0.2) is 5.78 Å². The van der Waals surface area contributed by atoms with Crippen molar-refractivity contribution >= 4 is 17.2 Å². The molecule has 0 saturated heterocycles. The fourth-order valence-electron chi connectivity index (χ4n) is 1.84. The lowest BCUT2D eigenvalue weighted by atomic mass is 10.0. The number of ketones is 1. The van der Waals surface area contributed by atoms with Crippen LogP contribution in [0.5, 0.6) is 0 Å². The maximum Gasteiger partial charge on any atom is 0.184 e. The van der Waals surface area contributed by atoms with Gasteiger partial charge in [0.1, 0.15) is 5.70 Å². The number of fused-ring (bicyclic) bond motifs is 1. The summed E-state index contributed by atoms with van der Waals surface area (Å²) in [6.07, 6.45) is 4.30. The van der Waals surface area contributed by atoms with E-state index in [0.717, 1.165) is 17.1 Å². The van der Waals surface area contributed by atoms with E-state index in [1.54, 1.807) is 0 Å². The Morgan fingerprint density at radius 3 is 2.60 bits per heavy atom. The third-order valence-electron chi connectivity index (χ3n) is 2.59. The normalized spacial score (nSPS) is 17.7. The van der Waals surface area contributed by atoms with Crippen LogP contribution >= 0.6 is 0 Å². The first-order valence-electron chi connectivity index (χ1n) is 4.92. The first-order valence-corrected chi connectivity index (χ1v) is 4.92. The highest BCUT2D eigenvalue weighted by atomic mass is 16.1. The molecule has 0 amide bonds. The standard InChI is InChI=1S/C12H10N2O/c15-11-7-3-6-10-12(11)14-9-5-2-1-4-8(9)13-10/h1-6,13-14H,7H2. The second kappa shape index (κ2) is 2.98. The molecule has 0 saturated carbocycles. The summed E-state index contributed by atoms with van der Waals surface area (Å²) in [7, 11) is 0. The van der Waals surface area contributed by atoms with Gasteiger partial charge in [0.2, 0.25) is 0 Å². The summed E-state index contributed by atoms with van der Waals surface area (Å²) < 4.78 is 0. The van der Waals surface area contributed by atoms with E-state index in [9.17, 15) is 4.79 Å². The lowest BCUT2D eigenvalue weighted by Gasteiger charge is -2.25. The van der Waals surface area contributed by atoms with E-state index in [1.807, 2.05) is 36.4 Å². The molecule has 0 unspecified atom stereocenters. The molecule has 3 nitrogen and oxygen atoms in total. The molecule has 0 bridgehead atoms. The third kappa shape index (κ3) is 1.24. The first-order chi connectivity index (χ1) is 7.34. The highest BCUT2D eigenvalue weighted by Crippen LogP contribution is 2.31. The van der Waals surface area contributed by atoms with Crippen molar-refractivity contribution in [1.82, 2.24) is 0 Å². The van der Waals surface area contributed by atoms with Crippen LogP contribution in [0.25, 0.3) is 0 Å². The molecular formula is C12H10N2O. The molecule has 1 aliphatic heterocycles. The average molecular weight is 198 g/mol. The molecular weight excluding hydrogens is 188 g/mol. The van der Waals surface area contributed by atoms with E-state index in [-0.39, 0.29) is 5.78 Å². The zero-order chi connectivity index (χ0) is 10.3. The van der Waals surface area contributed by atoms with Crippen molar-refractivity contribution < 1.29 is 4.79 Å².